The molecule has 3 N–H and O–H groups in total. The smallest absolute Gasteiger partial charge is 0.242 e. The van der Waals surface area contributed by atoms with Crippen molar-refractivity contribution in [3.05, 3.63) is 35.6 Å². The number of hydrogen-bond acceptors (Lipinski definition) is 3. The Labute approximate surface area is 160 Å². The van der Waals surface area contributed by atoms with E-state index < -0.39 is 5.54 Å². The molecular weight excluding hydrogens is 357 g/mol. The average Bonchev–Trinajstić information content (AvgIpc) is 2.60. The van der Waals surface area contributed by atoms with Crippen LogP contribution in [-0.2, 0) is 16.1 Å². The highest BCUT2D eigenvalue weighted by molar-refractivity contribution is 5.86. The summed E-state index contributed by atoms with van der Waals surface area (Å²) in [6.07, 6.45) is 2.80. The van der Waals surface area contributed by atoms with Crippen LogP contribution in [0.2, 0.25) is 0 Å². The number of carbonyl (C=O) groups is 2. The number of rotatable bonds is 6. The molecule has 1 aliphatic heterocycles. The SMILES string of the molecule is CCCC(C)(N)C(=O)N1CCC(C(=O)NCc2ccc(F)cc2)CC1.Cl. The molecule has 5 nitrogen and oxygen atoms in total. The number of amides is 2. The number of benzene rings is 1. The molecule has 1 aliphatic rings. The van der Waals surface area contributed by atoms with Crippen LogP contribution < -0.4 is 11.1 Å². The number of carbonyl (C=O) groups excluding carboxylic acids is 2. The van der Waals surface area contributed by atoms with Crippen LogP contribution in [0.1, 0.15) is 45.1 Å². The van der Waals surface area contributed by atoms with Gasteiger partial charge in [-0.2, -0.15) is 0 Å². The molecule has 1 aromatic carbocycles. The molecule has 1 saturated heterocycles. The van der Waals surface area contributed by atoms with Gasteiger partial charge in [0.15, 0.2) is 0 Å². The molecule has 0 bridgehead atoms. The van der Waals surface area contributed by atoms with Crippen LogP contribution in [0.5, 0.6) is 0 Å². The minimum atomic E-state index is -0.827. The van der Waals surface area contributed by atoms with E-state index in [9.17, 15) is 14.0 Å². The Balaban J connectivity index is 0.00000338. The van der Waals surface area contributed by atoms with Crippen molar-refractivity contribution in [2.24, 2.45) is 11.7 Å². The topological polar surface area (TPSA) is 75.4 Å². The van der Waals surface area contributed by atoms with E-state index in [0.717, 1.165) is 12.0 Å². The standard InChI is InChI=1S/C19H28FN3O2.ClH/c1-3-10-19(2,21)18(25)23-11-8-15(9-12-23)17(24)22-13-14-4-6-16(20)7-5-14;/h4-7,15H,3,8-13,21H2,1-2H3,(H,22,24);1H. The van der Waals surface area contributed by atoms with E-state index in [2.05, 4.69) is 5.32 Å². The number of nitrogens with two attached hydrogens (primary N) is 1. The molecule has 1 heterocycles. The fraction of sp³-hybridized carbons (Fsp3) is 0.579. The summed E-state index contributed by atoms with van der Waals surface area (Å²) in [7, 11) is 0. The van der Waals surface area contributed by atoms with Gasteiger partial charge in [0.1, 0.15) is 5.82 Å². The van der Waals surface area contributed by atoms with Crippen molar-refractivity contribution in [3.63, 3.8) is 0 Å². The predicted molar refractivity (Wildman–Crippen MR) is 102 cm³/mol. The number of nitrogens with zero attached hydrogens (tertiary/aromatic N) is 1. The first-order valence-electron chi connectivity index (χ1n) is 8.94. The number of hydrogen-bond donors (Lipinski definition) is 2. The second kappa shape index (κ2) is 9.88. The second-order valence-corrected chi connectivity index (χ2v) is 7.08. The molecule has 1 fully saturated rings. The monoisotopic (exact) mass is 385 g/mol. The van der Waals surface area contributed by atoms with Crippen molar-refractivity contribution in [3.8, 4) is 0 Å². The maximum absolute atomic E-state index is 12.9. The maximum atomic E-state index is 12.9. The van der Waals surface area contributed by atoms with Crippen molar-refractivity contribution in [1.29, 1.82) is 0 Å². The lowest BCUT2D eigenvalue weighted by Gasteiger charge is -2.36. The fourth-order valence-electron chi connectivity index (χ4n) is 3.27. The third-order valence-electron chi connectivity index (χ3n) is 4.79. The quantitative estimate of drug-likeness (QED) is 0.790. The molecule has 7 heteroatoms. The second-order valence-electron chi connectivity index (χ2n) is 7.08. The zero-order valence-electron chi connectivity index (χ0n) is 15.5. The van der Waals surface area contributed by atoms with Crippen LogP contribution in [0, 0.1) is 11.7 Å². The molecule has 0 aliphatic carbocycles. The van der Waals surface area contributed by atoms with Crippen molar-refractivity contribution in [1.82, 2.24) is 10.2 Å². The summed E-state index contributed by atoms with van der Waals surface area (Å²) in [5.41, 5.74) is 6.16. The van der Waals surface area contributed by atoms with Crippen LogP contribution >= 0.6 is 12.4 Å². The normalized spacial score (nSPS) is 17.2. The number of piperidine rings is 1. The zero-order chi connectivity index (χ0) is 18.4. The van der Waals surface area contributed by atoms with E-state index in [4.69, 9.17) is 5.73 Å². The number of nitrogens with one attached hydrogen (secondary N) is 1. The Morgan fingerprint density at radius 1 is 1.27 bits per heavy atom. The summed E-state index contributed by atoms with van der Waals surface area (Å²) in [4.78, 5) is 26.6. The summed E-state index contributed by atoms with van der Waals surface area (Å²) in [5, 5.41) is 2.89. The van der Waals surface area contributed by atoms with Gasteiger partial charge in [0.25, 0.3) is 0 Å². The molecule has 146 valence electrons. The van der Waals surface area contributed by atoms with Gasteiger partial charge in [0, 0.05) is 25.6 Å². The van der Waals surface area contributed by atoms with Gasteiger partial charge in [-0.1, -0.05) is 25.5 Å². The van der Waals surface area contributed by atoms with Crippen LogP contribution in [0.4, 0.5) is 4.39 Å². The summed E-state index contributed by atoms with van der Waals surface area (Å²) in [5.74, 6) is -0.429. The third-order valence-corrected chi connectivity index (χ3v) is 4.79. The highest BCUT2D eigenvalue weighted by atomic mass is 35.5. The maximum Gasteiger partial charge on any atom is 0.242 e. The molecule has 0 aromatic heterocycles. The van der Waals surface area contributed by atoms with Gasteiger partial charge in [-0.3, -0.25) is 9.59 Å². The van der Waals surface area contributed by atoms with Crippen molar-refractivity contribution in [2.45, 2.75) is 51.6 Å². The van der Waals surface area contributed by atoms with Crippen LogP contribution in [-0.4, -0.2) is 35.3 Å². The van der Waals surface area contributed by atoms with Gasteiger partial charge in [-0.15, -0.1) is 12.4 Å². The fourth-order valence-corrected chi connectivity index (χ4v) is 3.27. The lowest BCUT2D eigenvalue weighted by molar-refractivity contribution is -0.140. The van der Waals surface area contributed by atoms with Crippen LogP contribution in [0.15, 0.2) is 24.3 Å². The van der Waals surface area contributed by atoms with Crippen LogP contribution in [0.25, 0.3) is 0 Å². The predicted octanol–water partition coefficient (Wildman–Crippen LogP) is 2.62. The molecule has 26 heavy (non-hydrogen) atoms. The Morgan fingerprint density at radius 2 is 1.85 bits per heavy atom. The van der Waals surface area contributed by atoms with E-state index in [-0.39, 0.29) is 36.0 Å². The molecular formula is C19H29ClFN3O2. The number of likely N-dealkylation sites (tertiary alicyclic amines) is 1. The molecule has 1 aromatic rings. The minimum Gasteiger partial charge on any atom is -0.352 e. The zero-order valence-corrected chi connectivity index (χ0v) is 16.3. The van der Waals surface area contributed by atoms with Crippen molar-refractivity contribution < 1.29 is 14.0 Å². The van der Waals surface area contributed by atoms with E-state index in [1.54, 1.807) is 24.0 Å². The molecule has 2 rings (SSSR count). The van der Waals surface area contributed by atoms with Gasteiger partial charge < -0.3 is 16.0 Å². The Kier molecular flexibility index (Phi) is 8.50. The highest BCUT2D eigenvalue weighted by Crippen LogP contribution is 2.21. The Hall–Kier alpha value is -1.66. The van der Waals surface area contributed by atoms with Gasteiger partial charge in [0.2, 0.25) is 11.8 Å². The summed E-state index contributed by atoms with van der Waals surface area (Å²) >= 11 is 0. The van der Waals surface area contributed by atoms with Gasteiger partial charge in [-0.25, -0.2) is 4.39 Å². The lowest BCUT2D eigenvalue weighted by Crippen LogP contribution is -2.55. The minimum absolute atomic E-state index is 0. The van der Waals surface area contributed by atoms with Crippen LogP contribution in [0.3, 0.4) is 0 Å². The average molecular weight is 386 g/mol. The van der Waals surface area contributed by atoms with Crippen molar-refractivity contribution >= 4 is 24.2 Å². The summed E-state index contributed by atoms with van der Waals surface area (Å²) < 4.78 is 12.9. The molecule has 0 saturated carbocycles. The molecule has 2 amide bonds. The molecule has 1 atom stereocenters. The molecule has 1 unspecified atom stereocenters. The van der Waals surface area contributed by atoms with Gasteiger partial charge >= 0.3 is 0 Å². The first-order chi connectivity index (χ1) is 11.8. The largest absolute Gasteiger partial charge is 0.352 e. The van der Waals surface area contributed by atoms with E-state index in [0.29, 0.717) is 38.9 Å². The lowest BCUT2D eigenvalue weighted by atomic mass is 9.91. The number of halogens is 2. The Morgan fingerprint density at radius 3 is 2.38 bits per heavy atom. The van der Waals surface area contributed by atoms with E-state index in [1.165, 1.54) is 12.1 Å². The summed E-state index contributed by atoms with van der Waals surface area (Å²) in [6.45, 7) is 5.29. The first-order valence-corrected chi connectivity index (χ1v) is 8.94. The molecule has 0 radical (unpaired) electrons. The van der Waals surface area contributed by atoms with Gasteiger partial charge in [-0.05, 0) is 43.9 Å². The van der Waals surface area contributed by atoms with E-state index >= 15 is 0 Å². The summed E-state index contributed by atoms with van der Waals surface area (Å²) in [6, 6.07) is 6.08. The Bertz CT molecular complexity index is 599. The first kappa shape index (κ1) is 22.4. The third kappa shape index (κ3) is 5.95. The highest BCUT2D eigenvalue weighted by Gasteiger charge is 2.35. The van der Waals surface area contributed by atoms with Crippen molar-refractivity contribution in [2.75, 3.05) is 13.1 Å². The molecule has 0 spiro atoms. The van der Waals surface area contributed by atoms with Gasteiger partial charge in [0.05, 0.1) is 5.54 Å². The van der Waals surface area contributed by atoms with E-state index in [1.807, 2.05) is 6.92 Å².